The summed E-state index contributed by atoms with van der Waals surface area (Å²) in [7, 11) is 0. The van der Waals surface area contributed by atoms with Crippen LogP contribution in [-0.2, 0) is 0 Å². The van der Waals surface area contributed by atoms with E-state index in [0.29, 0.717) is 44.7 Å². The minimum Gasteiger partial charge on any atom is -0.507 e. The summed E-state index contributed by atoms with van der Waals surface area (Å²) >= 11 is 3.25. The highest BCUT2D eigenvalue weighted by atomic mass is 79.9. The number of phenols is 1. The van der Waals surface area contributed by atoms with E-state index in [1.807, 2.05) is 0 Å². The highest BCUT2D eigenvalue weighted by Crippen LogP contribution is 2.34. The molecule has 23 heavy (non-hydrogen) atoms. The van der Waals surface area contributed by atoms with Crippen molar-refractivity contribution in [3.05, 3.63) is 50.9 Å². The number of hydrogen-bond donors (Lipinski definition) is 4. The molecule has 0 bridgehead atoms. The summed E-state index contributed by atoms with van der Waals surface area (Å²) in [6.07, 6.45) is 1.52. The lowest BCUT2D eigenvalue weighted by Gasteiger charge is -2.11. The molecule has 0 atom stereocenters. The standard InChI is InChI=1S/C16H14BrN3O3/c17-12-6-9-10(7-13(12)21)14-8(1-3-19-16(14)23)5-11(9)15(22)20-4-2-18/h1,3,5-7,21H,2,4,18H2,(H,19,23)(H,20,22). The normalized spacial score (nSPS) is 11.0. The minimum atomic E-state index is -0.278. The molecule has 0 spiro atoms. The van der Waals surface area contributed by atoms with Crippen LogP contribution in [0.3, 0.4) is 0 Å². The lowest BCUT2D eigenvalue weighted by Crippen LogP contribution is -2.29. The summed E-state index contributed by atoms with van der Waals surface area (Å²) in [5.74, 6) is -0.276. The van der Waals surface area contributed by atoms with Crippen molar-refractivity contribution in [2.75, 3.05) is 13.1 Å². The van der Waals surface area contributed by atoms with Crippen molar-refractivity contribution in [2.24, 2.45) is 5.73 Å². The van der Waals surface area contributed by atoms with Gasteiger partial charge in [0.2, 0.25) is 0 Å². The smallest absolute Gasteiger partial charge is 0.256 e. The Morgan fingerprint density at radius 1 is 1.30 bits per heavy atom. The van der Waals surface area contributed by atoms with E-state index in [2.05, 4.69) is 26.2 Å². The average Bonchev–Trinajstić information content (AvgIpc) is 2.53. The van der Waals surface area contributed by atoms with Crippen LogP contribution >= 0.6 is 15.9 Å². The van der Waals surface area contributed by atoms with Crippen LogP contribution < -0.4 is 16.6 Å². The van der Waals surface area contributed by atoms with Crippen LogP contribution in [0.25, 0.3) is 21.5 Å². The predicted molar refractivity (Wildman–Crippen MR) is 92.8 cm³/mol. The first-order valence-corrected chi connectivity index (χ1v) is 7.77. The molecule has 3 rings (SSSR count). The summed E-state index contributed by atoms with van der Waals surface area (Å²) in [6, 6.07) is 6.50. The van der Waals surface area contributed by atoms with Crippen molar-refractivity contribution in [3.63, 3.8) is 0 Å². The molecule has 0 aliphatic carbocycles. The van der Waals surface area contributed by atoms with Gasteiger partial charge in [-0.25, -0.2) is 0 Å². The monoisotopic (exact) mass is 375 g/mol. The van der Waals surface area contributed by atoms with Gasteiger partial charge in [-0.2, -0.15) is 0 Å². The van der Waals surface area contributed by atoms with Crippen LogP contribution in [-0.4, -0.2) is 29.1 Å². The van der Waals surface area contributed by atoms with Crippen LogP contribution in [0.1, 0.15) is 10.4 Å². The Labute approximate surface area is 139 Å². The van der Waals surface area contributed by atoms with Gasteiger partial charge in [-0.15, -0.1) is 0 Å². The second kappa shape index (κ2) is 6.02. The van der Waals surface area contributed by atoms with E-state index in [0.717, 1.165) is 0 Å². The zero-order chi connectivity index (χ0) is 16.6. The lowest BCUT2D eigenvalue weighted by molar-refractivity contribution is 0.0956. The highest BCUT2D eigenvalue weighted by molar-refractivity contribution is 9.10. The third kappa shape index (κ3) is 2.69. The summed E-state index contributed by atoms with van der Waals surface area (Å²) in [6.45, 7) is 0.689. The van der Waals surface area contributed by atoms with Gasteiger partial charge >= 0.3 is 0 Å². The van der Waals surface area contributed by atoms with E-state index >= 15 is 0 Å². The summed E-state index contributed by atoms with van der Waals surface area (Å²) in [5.41, 5.74) is 5.57. The maximum absolute atomic E-state index is 12.4. The number of aromatic hydroxyl groups is 1. The summed E-state index contributed by atoms with van der Waals surface area (Å²) < 4.78 is 0.449. The number of hydrogen-bond acceptors (Lipinski definition) is 4. The Morgan fingerprint density at radius 2 is 2.09 bits per heavy atom. The fourth-order valence-electron chi connectivity index (χ4n) is 2.59. The minimum absolute atomic E-state index is 0.00145. The van der Waals surface area contributed by atoms with Crippen molar-refractivity contribution in [1.29, 1.82) is 0 Å². The van der Waals surface area contributed by atoms with Gasteiger partial charge in [0.15, 0.2) is 0 Å². The van der Waals surface area contributed by atoms with Gasteiger partial charge < -0.3 is 21.1 Å². The number of aromatic nitrogens is 1. The Kier molecular flexibility index (Phi) is 4.06. The number of amides is 1. The van der Waals surface area contributed by atoms with Gasteiger partial charge in [-0.1, -0.05) is 0 Å². The molecule has 0 saturated heterocycles. The van der Waals surface area contributed by atoms with E-state index in [9.17, 15) is 14.7 Å². The Hall–Kier alpha value is -2.38. The molecule has 5 N–H and O–H groups in total. The second-order valence-electron chi connectivity index (χ2n) is 5.09. The van der Waals surface area contributed by atoms with Crippen LogP contribution in [0, 0.1) is 0 Å². The van der Waals surface area contributed by atoms with E-state index in [1.54, 1.807) is 18.2 Å². The average molecular weight is 376 g/mol. The summed E-state index contributed by atoms with van der Waals surface area (Å²) in [4.78, 5) is 27.2. The molecule has 1 heterocycles. The molecule has 118 valence electrons. The van der Waals surface area contributed by atoms with Crippen LogP contribution in [0.5, 0.6) is 5.75 Å². The van der Waals surface area contributed by atoms with E-state index in [4.69, 9.17) is 5.73 Å². The molecule has 3 aromatic rings. The number of carbonyl (C=O) groups is 1. The maximum atomic E-state index is 12.4. The van der Waals surface area contributed by atoms with Crippen molar-refractivity contribution in [1.82, 2.24) is 10.3 Å². The molecule has 0 aliphatic heterocycles. The van der Waals surface area contributed by atoms with Crippen molar-refractivity contribution < 1.29 is 9.90 Å². The molecule has 0 radical (unpaired) electrons. The Morgan fingerprint density at radius 3 is 2.83 bits per heavy atom. The van der Waals surface area contributed by atoms with E-state index in [-0.39, 0.29) is 17.2 Å². The SMILES string of the molecule is NCCNC(=O)c1cc2cc[nH]c(=O)c2c2cc(O)c(Br)cc12. The molecule has 0 fully saturated rings. The number of phenolic OH excluding ortho intramolecular Hbond substituents is 1. The number of nitrogens with two attached hydrogens (primary N) is 1. The van der Waals surface area contributed by atoms with Gasteiger partial charge in [0.1, 0.15) is 5.75 Å². The molecule has 0 unspecified atom stereocenters. The first kappa shape index (κ1) is 15.5. The van der Waals surface area contributed by atoms with Gasteiger partial charge in [-0.3, -0.25) is 9.59 Å². The van der Waals surface area contributed by atoms with Gasteiger partial charge in [0.25, 0.3) is 11.5 Å². The molecular formula is C16H14BrN3O3. The third-order valence-electron chi connectivity index (χ3n) is 3.61. The van der Waals surface area contributed by atoms with E-state index in [1.165, 1.54) is 12.3 Å². The van der Waals surface area contributed by atoms with E-state index < -0.39 is 0 Å². The maximum Gasteiger partial charge on any atom is 0.256 e. The largest absolute Gasteiger partial charge is 0.507 e. The predicted octanol–water partition coefficient (Wildman–Crippen LogP) is 1.84. The number of rotatable bonds is 3. The number of aromatic amines is 1. The van der Waals surface area contributed by atoms with Crippen LogP contribution in [0.2, 0.25) is 0 Å². The number of carbonyl (C=O) groups excluding carboxylic acids is 1. The molecule has 1 aromatic heterocycles. The second-order valence-corrected chi connectivity index (χ2v) is 5.94. The molecule has 0 saturated carbocycles. The number of pyridine rings is 1. The van der Waals surface area contributed by atoms with Crippen LogP contribution in [0.4, 0.5) is 0 Å². The van der Waals surface area contributed by atoms with Crippen LogP contribution in [0.15, 0.2) is 39.7 Å². The molecule has 2 aromatic carbocycles. The number of benzene rings is 2. The Balaban J connectivity index is 2.41. The van der Waals surface area contributed by atoms with Crippen molar-refractivity contribution >= 4 is 43.4 Å². The number of halogens is 1. The molecule has 6 nitrogen and oxygen atoms in total. The quantitative estimate of drug-likeness (QED) is 0.523. The highest BCUT2D eigenvalue weighted by Gasteiger charge is 2.16. The van der Waals surface area contributed by atoms with Gasteiger partial charge in [-0.05, 0) is 56.4 Å². The first-order chi connectivity index (χ1) is 11.0. The lowest BCUT2D eigenvalue weighted by atomic mass is 9.97. The number of H-pyrrole nitrogens is 1. The zero-order valence-electron chi connectivity index (χ0n) is 12.0. The summed E-state index contributed by atoms with van der Waals surface area (Å²) in [5, 5.41) is 14.8. The molecular weight excluding hydrogens is 362 g/mol. The Bertz CT molecular complexity index is 982. The number of fused-ring (bicyclic) bond motifs is 3. The van der Waals surface area contributed by atoms with Gasteiger partial charge in [0, 0.05) is 24.8 Å². The number of nitrogens with one attached hydrogen (secondary N) is 2. The van der Waals surface area contributed by atoms with Gasteiger partial charge in [0.05, 0.1) is 9.86 Å². The fourth-order valence-corrected chi connectivity index (χ4v) is 2.93. The molecule has 0 aliphatic rings. The molecule has 7 heteroatoms. The third-order valence-corrected chi connectivity index (χ3v) is 4.25. The topological polar surface area (TPSA) is 108 Å². The van der Waals surface area contributed by atoms with Crippen molar-refractivity contribution in [3.8, 4) is 5.75 Å². The zero-order valence-corrected chi connectivity index (χ0v) is 13.6. The fraction of sp³-hybridized carbons (Fsp3) is 0.125. The first-order valence-electron chi connectivity index (χ1n) is 6.98. The molecule has 1 amide bonds. The van der Waals surface area contributed by atoms with Crippen molar-refractivity contribution in [2.45, 2.75) is 0 Å².